The molecule has 2 aliphatic rings. The molecule has 4 heterocycles. The lowest BCUT2D eigenvalue weighted by molar-refractivity contribution is -0.137. The monoisotopic (exact) mass is 484 g/mol. The van der Waals surface area contributed by atoms with Crippen LogP contribution in [0.4, 0.5) is 13.2 Å². The number of hydrogen-bond donors (Lipinski definition) is 1. The number of carbonyl (C=O) groups excluding carboxylic acids is 1. The lowest BCUT2D eigenvalue weighted by Crippen LogP contribution is -2.42. The molecule has 35 heavy (non-hydrogen) atoms. The van der Waals surface area contributed by atoms with E-state index in [2.05, 4.69) is 10.3 Å². The van der Waals surface area contributed by atoms with Gasteiger partial charge in [-0.15, -0.1) is 0 Å². The predicted octanol–water partition coefficient (Wildman–Crippen LogP) is 3.90. The number of imidazole rings is 1. The molecular weight excluding hydrogens is 461 g/mol. The number of halogens is 3. The Hall–Kier alpha value is -3.82. The van der Waals surface area contributed by atoms with Gasteiger partial charge in [-0.3, -0.25) is 9.59 Å². The smallest absolute Gasteiger partial charge is 0.416 e. The summed E-state index contributed by atoms with van der Waals surface area (Å²) in [6, 6.07) is 5.02. The highest BCUT2D eigenvalue weighted by Gasteiger charge is 2.34. The fourth-order valence-electron chi connectivity index (χ4n) is 4.63. The van der Waals surface area contributed by atoms with Crippen LogP contribution < -0.4 is 15.6 Å². The van der Waals surface area contributed by atoms with Crippen molar-refractivity contribution >= 4 is 11.5 Å². The summed E-state index contributed by atoms with van der Waals surface area (Å²) in [5.74, 6) is -0.0445. The van der Waals surface area contributed by atoms with Crippen LogP contribution in [0.15, 0.2) is 47.7 Å². The maximum Gasteiger partial charge on any atom is 0.416 e. The number of carbonyl (C=O) groups is 1. The SMILES string of the molecule is Cc1cn(-c2c(CC3=CC(C)(C)Oc4ccc(C(F)(F)F)cc43)cc3n(c2=O)CCNC3=O)cn1. The third kappa shape index (κ3) is 4.13. The first kappa shape index (κ1) is 22.9. The number of hydrogen-bond acceptors (Lipinski definition) is 4. The fourth-order valence-corrected chi connectivity index (χ4v) is 4.63. The van der Waals surface area contributed by atoms with E-state index < -0.39 is 17.3 Å². The minimum absolute atomic E-state index is 0.115. The Kier molecular flexibility index (Phi) is 5.15. The average molecular weight is 484 g/mol. The second-order valence-electron chi connectivity index (χ2n) is 9.30. The van der Waals surface area contributed by atoms with Crippen molar-refractivity contribution in [2.45, 2.75) is 45.5 Å². The fraction of sp³-hybridized carbons (Fsp3) is 0.320. The molecule has 0 unspecified atom stereocenters. The van der Waals surface area contributed by atoms with Crippen molar-refractivity contribution in [2.75, 3.05) is 6.54 Å². The number of benzene rings is 1. The molecule has 182 valence electrons. The van der Waals surface area contributed by atoms with Crippen molar-refractivity contribution in [1.82, 2.24) is 19.4 Å². The van der Waals surface area contributed by atoms with Gasteiger partial charge in [-0.1, -0.05) is 0 Å². The quantitative estimate of drug-likeness (QED) is 0.612. The first-order chi connectivity index (χ1) is 16.4. The van der Waals surface area contributed by atoms with Crippen molar-refractivity contribution in [3.8, 4) is 11.4 Å². The highest BCUT2D eigenvalue weighted by Crippen LogP contribution is 2.41. The second-order valence-corrected chi connectivity index (χ2v) is 9.30. The lowest BCUT2D eigenvalue weighted by Gasteiger charge is -2.32. The number of alkyl halides is 3. The Morgan fingerprint density at radius 1 is 1.20 bits per heavy atom. The summed E-state index contributed by atoms with van der Waals surface area (Å²) in [7, 11) is 0. The number of ether oxygens (including phenoxy) is 1. The standard InChI is InChI=1S/C25H23F3N4O3/c1-14-12-31(13-30-14)21-15(9-19-22(33)29-6-7-32(19)23(21)34)8-16-11-24(2,3)35-20-5-4-17(10-18(16)20)25(26,27)28/h4-5,9-13H,6-8H2,1-3H3,(H,29,33). The number of rotatable bonds is 3. The summed E-state index contributed by atoms with van der Waals surface area (Å²) in [5, 5.41) is 2.74. The first-order valence-electron chi connectivity index (χ1n) is 11.1. The summed E-state index contributed by atoms with van der Waals surface area (Å²) >= 11 is 0. The maximum atomic E-state index is 13.5. The van der Waals surface area contributed by atoms with E-state index >= 15 is 0 Å². The summed E-state index contributed by atoms with van der Waals surface area (Å²) in [6.07, 6.45) is 0.576. The van der Waals surface area contributed by atoms with Crippen molar-refractivity contribution in [3.05, 3.63) is 81.3 Å². The van der Waals surface area contributed by atoms with E-state index in [4.69, 9.17) is 4.74 Å². The Bertz CT molecular complexity index is 1450. The number of amides is 1. The Morgan fingerprint density at radius 2 is 1.97 bits per heavy atom. The van der Waals surface area contributed by atoms with Crippen molar-refractivity contribution < 1.29 is 22.7 Å². The van der Waals surface area contributed by atoms with E-state index in [9.17, 15) is 22.8 Å². The molecule has 0 spiro atoms. The predicted molar refractivity (Wildman–Crippen MR) is 123 cm³/mol. The van der Waals surface area contributed by atoms with Gasteiger partial charge >= 0.3 is 6.18 Å². The molecule has 3 aromatic rings. The lowest BCUT2D eigenvalue weighted by atomic mass is 9.89. The molecule has 0 fully saturated rings. The summed E-state index contributed by atoms with van der Waals surface area (Å²) in [4.78, 5) is 30.3. The Morgan fingerprint density at radius 3 is 2.66 bits per heavy atom. The van der Waals surface area contributed by atoms with Crippen LogP contribution in [0.2, 0.25) is 0 Å². The second kappa shape index (κ2) is 7.86. The zero-order valence-electron chi connectivity index (χ0n) is 19.4. The molecule has 2 aromatic heterocycles. The molecule has 0 saturated heterocycles. The number of nitrogens with one attached hydrogen (secondary N) is 1. The van der Waals surface area contributed by atoms with Crippen molar-refractivity contribution in [1.29, 1.82) is 0 Å². The molecule has 0 bridgehead atoms. The number of nitrogens with zero attached hydrogens (tertiary/aromatic N) is 3. The van der Waals surface area contributed by atoms with Crippen LogP contribution in [0.1, 0.15) is 46.7 Å². The summed E-state index contributed by atoms with van der Waals surface area (Å²) in [5.41, 5.74) is 0.659. The van der Waals surface area contributed by atoms with E-state index in [0.717, 1.165) is 12.1 Å². The molecule has 1 aromatic carbocycles. The van der Waals surface area contributed by atoms with Crippen LogP contribution in [0.5, 0.6) is 5.75 Å². The van der Waals surface area contributed by atoms with E-state index in [0.29, 0.717) is 46.9 Å². The van der Waals surface area contributed by atoms with Crippen LogP contribution in [-0.2, 0) is 19.1 Å². The molecule has 0 radical (unpaired) electrons. The minimum Gasteiger partial charge on any atom is -0.483 e. The molecule has 1 amide bonds. The van der Waals surface area contributed by atoms with Crippen LogP contribution in [0, 0.1) is 6.92 Å². The molecular formula is C25H23F3N4O3. The van der Waals surface area contributed by atoms with E-state index in [1.54, 1.807) is 29.8 Å². The zero-order valence-corrected chi connectivity index (χ0v) is 19.4. The third-order valence-corrected chi connectivity index (χ3v) is 6.11. The first-order valence-corrected chi connectivity index (χ1v) is 11.1. The van der Waals surface area contributed by atoms with E-state index in [1.807, 2.05) is 13.8 Å². The topological polar surface area (TPSA) is 78.1 Å². The van der Waals surface area contributed by atoms with Gasteiger partial charge in [0.25, 0.3) is 11.5 Å². The van der Waals surface area contributed by atoms with Crippen LogP contribution >= 0.6 is 0 Å². The summed E-state index contributed by atoms with van der Waals surface area (Å²) in [6.45, 7) is 6.06. The van der Waals surface area contributed by atoms with Gasteiger partial charge in [0.05, 0.1) is 17.6 Å². The van der Waals surface area contributed by atoms with Crippen LogP contribution in [-0.4, -0.2) is 32.2 Å². The maximum absolute atomic E-state index is 13.5. The van der Waals surface area contributed by atoms with E-state index in [-0.39, 0.29) is 23.6 Å². The highest BCUT2D eigenvalue weighted by molar-refractivity contribution is 5.93. The van der Waals surface area contributed by atoms with Gasteiger partial charge in [-0.05, 0) is 62.2 Å². The van der Waals surface area contributed by atoms with Crippen LogP contribution in [0.25, 0.3) is 11.3 Å². The minimum atomic E-state index is -4.52. The molecule has 0 aliphatic carbocycles. The number of aryl methyl sites for hydroxylation is 1. The molecule has 10 heteroatoms. The summed E-state index contributed by atoms with van der Waals surface area (Å²) < 4.78 is 49.4. The highest BCUT2D eigenvalue weighted by atomic mass is 19.4. The van der Waals surface area contributed by atoms with Gasteiger partial charge < -0.3 is 19.2 Å². The van der Waals surface area contributed by atoms with Crippen LogP contribution in [0.3, 0.4) is 0 Å². The van der Waals surface area contributed by atoms with Crippen molar-refractivity contribution in [3.63, 3.8) is 0 Å². The number of aromatic nitrogens is 3. The normalized spacial score (nSPS) is 16.6. The largest absolute Gasteiger partial charge is 0.483 e. The zero-order chi connectivity index (χ0) is 25.1. The van der Waals surface area contributed by atoms with Gasteiger partial charge in [0.15, 0.2) is 0 Å². The molecule has 7 nitrogen and oxygen atoms in total. The molecule has 0 saturated carbocycles. The average Bonchev–Trinajstić information content (AvgIpc) is 3.18. The molecule has 0 atom stereocenters. The van der Waals surface area contributed by atoms with Crippen molar-refractivity contribution in [2.24, 2.45) is 0 Å². The number of pyridine rings is 1. The van der Waals surface area contributed by atoms with Gasteiger partial charge in [0, 0.05) is 31.3 Å². The van der Waals surface area contributed by atoms with E-state index in [1.165, 1.54) is 17.0 Å². The molecule has 1 N–H and O–H groups in total. The Balaban J connectivity index is 1.71. The van der Waals surface area contributed by atoms with Gasteiger partial charge in [0.1, 0.15) is 22.7 Å². The molecule has 2 aliphatic heterocycles. The van der Waals surface area contributed by atoms with Gasteiger partial charge in [0.2, 0.25) is 0 Å². The number of fused-ring (bicyclic) bond motifs is 2. The van der Waals surface area contributed by atoms with Gasteiger partial charge in [-0.2, -0.15) is 13.2 Å². The van der Waals surface area contributed by atoms with Gasteiger partial charge in [-0.25, -0.2) is 4.98 Å². The molecule has 5 rings (SSSR count). The third-order valence-electron chi connectivity index (χ3n) is 6.11. The Labute approximate surface area is 198 Å². The number of allylic oxidation sites excluding steroid dienone is 1.